The van der Waals surface area contributed by atoms with Crippen molar-refractivity contribution in [2.75, 3.05) is 62.0 Å². The zero-order valence-corrected chi connectivity index (χ0v) is 19.4. The molecule has 0 radical (unpaired) electrons. The highest BCUT2D eigenvalue weighted by Crippen LogP contribution is 2.21. The number of halogens is 2. The van der Waals surface area contributed by atoms with Crippen molar-refractivity contribution < 1.29 is 31.5 Å². The maximum absolute atomic E-state index is 12.6. The van der Waals surface area contributed by atoms with Gasteiger partial charge in [-0.05, 0) is 55.6 Å². The van der Waals surface area contributed by atoms with E-state index >= 15 is 0 Å². The molecule has 2 aromatic rings. The van der Waals surface area contributed by atoms with Crippen LogP contribution in [0, 0.1) is 0 Å². The Labute approximate surface area is 196 Å². The van der Waals surface area contributed by atoms with Crippen LogP contribution in [0.5, 0.6) is 0 Å². The Morgan fingerprint density at radius 2 is 1.41 bits per heavy atom. The number of anilines is 3. The van der Waals surface area contributed by atoms with Crippen molar-refractivity contribution in [3.63, 3.8) is 0 Å². The van der Waals surface area contributed by atoms with Gasteiger partial charge < -0.3 is 20.3 Å². The molecule has 12 heteroatoms. The first-order chi connectivity index (χ1) is 16.1. The summed E-state index contributed by atoms with van der Waals surface area (Å²) in [7, 11) is -3.10. The maximum Gasteiger partial charge on any atom is 0.341 e. The summed E-state index contributed by atoms with van der Waals surface area (Å²) >= 11 is 0. The maximum atomic E-state index is 12.6. The van der Waals surface area contributed by atoms with Crippen LogP contribution in [0.1, 0.15) is 0 Å². The van der Waals surface area contributed by atoms with Gasteiger partial charge in [0.2, 0.25) is 21.7 Å². The number of hydrogen-bond donors (Lipinski definition) is 2. The quantitative estimate of drug-likeness (QED) is 0.547. The molecule has 0 atom stereocenters. The van der Waals surface area contributed by atoms with Crippen LogP contribution in [-0.4, -0.2) is 77.3 Å². The van der Waals surface area contributed by atoms with Crippen molar-refractivity contribution in [1.82, 2.24) is 4.90 Å². The average molecular weight is 497 g/mol. The summed E-state index contributed by atoms with van der Waals surface area (Å²) in [6, 6.07) is 11.9. The third kappa shape index (κ3) is 6.95. The first kappa shape index (κ1) is 25.5. The molecule has 1 aliphatic rings. The predicted molar refractivity (Wildman–Crippen MR) is 124 cm³/mol. The third-order valence-corrected chi connectivity index (χ3v) is 6.45. The van der Waals surface area contributed by atoms with E-state index in [1.54, 1.807) is 7.05 Å². The number of rotatable bonds is 9. The highest BCUT2D eigenvalue weighted by Gasteiger charge is 2.26. The molecule has 0 aromatic heterocycles. The number of carbonyl (C=O) groups is 2. The minimum absolute atomic E-state index is 0.0375. The van der Waals surface area contributed by atoms with Crippen LogP contribution < -0.4 is 15.5 Å². The van der Waals surface area contributed by atoms with Gasteiger partial charge in [-0.15, -0.1) is 0 Å². The number of sulfone groups is 1. The van der Waals surface area contributed by atoms with Crippen molar-refractivity contribution in [3.8, 4) is 0 Å². The van der Waals surface area contributed by atoms with Gasteiger partial charge in [0, 0.05) is 30.2 Å². The van der Waals surface area contributed by atoms with Gasteiger partial charge in [-0.3, -0.25) is 14.5 Å². The molecule has 0 bridgehead atoms. The van der Waals surface area contributed by atoms with Crippen molar-refractivity contribution in [3.05, 3.63) is 48.5 Å². The Balaban J connectivity index is 1.45. The molecule has 2 aromatic carbocycles. The van der Waals surface area contributed by atoms with E-state index in [2.05, 4.69) is 15.5 Å². The van der Waals surface area contributed by atoms with Gasteiger partial charge in [0.25, 0.3) is 0 Å². The Morgan fingerprint density at radius 3 is 1.88 bits per heavy atom. The number of nitrogens with zero attached hydrogens (tertiary/aromatic N) is 2. The Bertz CT molecular complexity index is 1090. The Morgan fingerprint density at radius 1 is 0.941 bits per heavy atom. The van der Waals surface area contributed by atoms with Gasteiger partial charge in [-0.1, -0.05) is 0 Å². The molecule has 2 N–H and O–H groups in total. The van der Waals surface area contributed by atoms with Gasteiger partial charge in [0.15, 0.2) is 0 Å². The summed E-state index contributed by atoms with van der Waals surface area (Å²) < 4.78 is 53.4. The second-order valence-corrected chi connectivity index (χ2v) is 9.66. The fourth-order valence-electron chi connectivity index (χ4n) is 3.36. The van der Waals surface area contributed by atoms with Gasteiger partial charge in [-0.25, -0.2) is 8.42 Å². The predicted octanol–water partition coefficient (Wildman–Crippen LogP) is 2.03. The summed E-state index contributed by atoms with van der Waals surface area (Å²) in [6.07, 6.45) is 0. The number of benzene rings is 2. The second kappa shape index (κ2) is 11.4. The number of hydrogen-bond acceptors (Lipinski definition) is 7. The van der Waals surface area contributed by atoms with Crippen LogP contribution in [0.2, 0.25) is 0 Å². The molecule has 0 spiro atoms. The first-order valence-corrected chi connectivity index (χ1v) is 12.0. The Kier molecular flexibility index (Phi) is 8.53. The first-order valence-electron chi connectivity index (χ1n) is 10.5. The summed E-state index contributed by atoms with van der Waals surface area (Å²) in [5.41, 5.74) is 1.94. The van der Waals surface area contributed by atoms with E-state index in [9.17, 15) is 26.8 Å². The highest BCUT2D eigenvalue weighted by atomic mass is 32.2. The largest absolute Gasteiger partial charge is 0.378 e. The molecule has 1 heterocycles. The lowest BCUT2D eigenvalue weighted by Crippen LogP contribution is -2.36. The SMILES string of the molecule is CN(CC(=O)Nc1ccc(N2CCOCC2)cc1)CC(=O)Nc1ccc(S(=O)(=O)C(F)F)cc1. The lowest BCUT2D eigenvalue weighted by molar-refractivity contribution is -0.119. The van der Waals surface area contributed by atoms with E-state index in [0.29, 0.717) is 18.9 Å². The molecule has 0 aliphatic carbocycles. The second-order valence-electron chi connectivity index (χ2n) is 7.74. The van der Waals surface area contributed by atoms with Crippen LogP contribution in [0.15, 0.2) is 53.4 Å². The van der Waals surface area contributed by atoms with Crippen molar-refractivity contribution in [2.45, 2.75) is 10.7 Å². The van der Waals surface area contributed by atoms with Crippen LogP contribution >= 0.6 is 0 Å². The molecule has 1 saturated heterocycles. The lowest BCUT2D eigenvalue weighted by atomic mass is 10.2. The number of morpholine rings is 1. The van der Waals surface area contributed by atoms with Crippen molar-refractivity contribution in [1.29, 1.82) is 0 Å². The minimum Gasteiger partial charge on any atom is -0.378 e. The normalized spacial score (nSPS) is 14.3. The smallest absolute Gasteiger partial charge is 0.341 e. The van der Waals surface area contributed by atoms with Gasteiger partial charge in [0.05, 0.1) is 31.2 Å². The van der Waals surface area contributed by atoms with Crippen LogP contribution in [0.3, 0.4) is 0 Å². The standard InChI is InChI=1S/C22H26F2N4O5S/c1-27(15-21(30)26-17-4-8-19(9-5-17)34(31,32)22(23)24)14-20(29)25-16-2-6-18(7-3-16)28-10-12-33-13-11-28/h2-9,22H,10-15H2,1H3,(H,25,29)(H,26,30). The molecular weight excluding hydrogens is 470 g/mol. The van der Waals surface area contributed by atoms with E-state index < -0.39 is 26.4 Å². The van der Waals surface area contributed by atoms with E-state index in [4.69, 9.17) is 4.74 Å². The zero-order chi connectivity index (χ0) is 24.7. The van der Waals surface area contributed by atoms with Crippen molar-refractivity contribution in [2.24, 2.45) is 0 Å². The zero-order valence-electron chi connectivity index (χ0n) is 18.5. The van der Waals surface area contributed by atoms with Gasteiger partial charge in [-0.2, -0.15) is 8.78 Å². The summed E-state index contributed by atoms with van der Waals surface area (Å²) in [4.78, 5) is 27.7. The summed E-state index contributed by atoms with van der Waals surface area (Å²) in [5, 5.41) is 5.31. The van der Waals surface area contributed by atoms with E-state index in [1.165, 1.54) is 17.0 Å². The third-order valence-electron chi connectivity index (χ3n) is 5.06. The molecule has 1 aliphatic heterocycles. The summed E-state index contributed by atoms with van der Waals surface area (Å²) in [6.45, 7) is 2.86. The minimum atomic E-state index is -4.69. The molecule has 34 heavy (non-hydrogen) atoms. The van der Waals surface area contributed by atoms with E-state index in [0.717, 1.165) is 30.9 Å². The monoisotopic (exact) mass is 496 g/mol. The number of ether oxygens (including phenoxy) is 1. The highest BCUT2D eigenvalue weighted by molar-refractivity contribution is 7.91. The molecule has 1 fully saturated rings. The fourth-order valence-corrected chi connectivity index (χ4v) is 4.08. The average Bonchev–Trinajstić information content (AvgIpc) is 2.80. The molecule has 184 valence electrons. The topological polar surface area (TPSA) is 108 Å². The lowest BCUT2D eigenvalue weighted by Gasteiger charge is -2.28. The molecule has 0 unspecified atom stereocenters. The number of amides is 2. The summed E-state index contributed by atoms with van der Waals surface area (Å²) in [5.74, 6) is -4.26. The van der Waals surface area contributed by atoms with Gasteiger partial charge >= 0.3 is 5.76 Å². The van der Waals surface area contributed by atoms with Crippen LogP contribution in [-0.2, 0) is 24.2 Å². The number of carbonyl (C=O) groups excluding carboxylic acids is 2. The number of likely N-dealkylation sites (N-methyl/N-ethyl adjacent to an activating group) is 1. The molecule has 9 nitrogen and oxygen atoms in total. The number of alkyl halides is 2. The fraction of sp³-hybridized carbons (Fsp3) is 0.364. The van der Waals surface area contributed by atoms with Crippen LogP contribution in [0.4, 0.5) is 25.8 Å². The van der Waals surface area contributed by atoms with Crippen molar-refractivity contribution >= 4 is 38.7 Å². The van der Waals surface area contributed by atoms with E-state index in [-0.39, 0.29) is 24.7 Å². The molecule has 2 amide bonds. The van der Waals surface area contributed by atoms with Gasteiger partial charge in [0.1, 0.15) is 0 Å². The Hall–Kier alpha value is -3.09. The molecular formula is C22H26F2N4O5S. The number of nitrogens with one attached hydrogen (secondary N) is 2. The molecule has 0 saturated carbocycles. The van der Waals surface area contributed by atoms with E-state index in [1.807, 2.05) is 24.3 Å². The van der Waals surface area contributed by atoms with Crippen LogP contribution in [0.25, 0.3) is 0 Å². The molecule has 3 rings (SSSR count).